The van der Waals surface area contributed by atoms with E-state index in [2.05, 4.69) is 5.32 Å². The molecule has 7 heteroatoms. The summed E-state index contributed by atoms with van der Waals surface area (Å²) in [5, 5.41) is 2.85. The fourth-order valence-electron chi connectivity index (χ4n) is 2.02. The van der Waals surface area contributed by atoms with E-state index >= 15 is 0 Å². The lowest BCUT2D eigenvalue weighted by Gasteiger charge is -2.22. The standard InChI is InChI=1S/C15H20ClF3N2O/c1-3-7-21(8-4-2)14(22)10-20-13-9-11(15(17,18)19)5-6-12(13)16/h5-6,9,20H,3-4,7-8,10H2,1-2H3. The summed E-state index contributed by atoms with van der Waals surface area (Å²) in [6, 6.07) is 3.00. The number of amides is 1. The third kappa shape index (κ3) is 5.40. The Morgan fingerprint density at radius 2 is 1.82 bits per heavy atom. The fraction of sp³-hybridized carbons (Fsp3) is 0.533. The van der Waals surface area contributed by atoms with E-state index in [1.165, 1.54) is 6.07 Å². The number of nitrogens with zero attached hydrogens (tertiary/aromatic N) is 1. The maximum Gasteiger partial charge on any atom is 0.416 e. The van der Waals surface area contributed by atoms with E-state index in [-0.39, 0.29) is 23.2 Å². The molecule has 0 spiro atoms. The van der Waals surface area contributed by atoms with Crippen molar-refractivity contribution in [1.29, 1.82) is 0 Å². The first-order chi connectivity index (χ1) is 10.3. The van der Waals surface area contributed by atoms with Crippen LogP contribution in [0.2, 0.25) is 5.02 Å². The monoisotopic (exact) mass is 336 g/mol. The van der Waals surface area contributed by atoms with Gasteiger partial charge in [-0.15, -0.1) is 0 Å². The van der Waals surface area contributed by atoms with Gasteiger partial charge in [0.25, 0.3) is 0 Å². The number of alkyl halides is 3. The van der Waals surface area contributed by atoms with Gasteiger partial charge in [0.05, 0.1) is 22.8 Å². The van der Waals surface area contributed by atoms with Gasteiger partial charge in [0, 0.05) is 13.1 Å². The average Bonchev–Trinajstić information content (AvgIpc) is 2.44. The Kier molecular flexibility index (Phi) is 7.00. The molecule has 0 bridgehead atoms. The van der Waals surface area contributed by atoms with E-state index in [9.17, 15) is 18.0 Å². The largest absolute Gasteiger partial charge is 0.416 e. The molecule has 0 radical (unpaired) electrons. The maximum atomic E-state index is 12.7. The second kappa shape index (κ2) is 8.27. The van der Waals surface area contributed by atoms with Crippen molar-refractivity contribution in [3.05, 3.63) is 28.8 Å². The van der Waals surface area contributed by atoms with Crippen LogP contribution in [0.25, 0.3) is 0 Å². The molecule has 0 heterocycles. The minimum atomic E-state index is -4.44. The summed E-state index contributed by atoms with van der Waals surface area (Å²) in [7, 11) is 0. The van der Waals surface area contributed by atoms with E-state index < -0.39 is 11.7 Å². The first-order valence-corrected chi connectivity index (χ1v) is 7.55. The summed E-state index contributed by atoms with van der Waals surface area (Å²) in [5.41, 5.74) is -0.691. The van der Waals surface area contributed by atoms with E-state index in [0.29, 0.717) is 13.1 Å². The zero-order chi connectivity index (χ0) is 16.8. The molecule has 0 unspecified atom stereocenters. The van der Waals surface area contributed by atoms with E-state index in [1.807, 2.05) is 13.8 Å². The molecule has 1 aromatic rings. The predicted octanol–water partition coefficient (Wildman–Crippen LogP) is 4.42. The number of rotatable bonds is 7. The minimum absolute atomic E-state index is 0.0823. The molecule has 0 aliphatic carbocycles. The van der Waals surface area contributed by atoms with Gasteiger partial charge >= 0.3 is 6.18 Å². The summed E-state index contributed by atoms with van der Waals surface area (Å²) in [4.78, 5) is 13.8. The molecule has 0 fully saturated rings. The van der Waals surface area contributed by atoms with Gasteiger partial charge in [0.15, 0.2) is 0 Å². The van der Waals surface area contributed by atoms with Gasteiger partial charge < -0.3 is 10.2 Å². The summed E-state index contributed by atoms with van der Waals surface area (Å²) < 4.78 is 38.0. The molecular formula is C15H20ClF3N2O. The highest BCUT2D eigenvalue weighted by Gasteiger charge is 2.31. The minimum Gasteiger partial charge on any atom is -0.375 e. The molecule has 1 N–H and O–H groups in total. The van der Waals surface area contributed by atoms with Crippen LogP contribution in [-0.2, 0) is 11.0 Å². The molecular weight excluding hydrogens is 317 g/mol. The zero-order valence-corrected chi connectivity index (χ0v) is 13.4. The summed E-state index contributed by atoms with van der Waals surface area (Å²) in [6.45, 7) is 5.11. The van der Waals surface area contributed by atoms with Crippen LogP contribution in [0.15, 0.2) is 18.2 Å². The first kappa shape index (κ1) is 18.6. The first-order valence-electron chi connectivity index (χ1n) is 7.18. The molecule has 1 aromatic carbocycles. The van der Waals surface area contributed by atoms with Gasteiger partial charge in [-0.2, -0.15) is 13.2 Å². The average molecular weight is 337 g/mol. The van der Waals surface area contributed by atoms with Crippen molar-refractivity contribution in [2.45, 2.75) is 32.9 Å². The van der Waals surface area contributed by atoms with Crippen molar-refractivity contribution in [1.82, 2.24) is 4.90 Å². The zero-order valence-electron chi connectivity index (χ0n) is 12.6. The van der Waals surface area contributed by atoms with Crippen LogP contribution >= 0.6 is 11.6 Å². The van der Waals surface area contributed by atoms with Crippen molar-refractivity contribution < 1.29 is 18.0 Å². The second-order valence-electron chi connectivity index (χ2n) is 4.93. The molecule has 22 heavy (non-hydrogen) atoms. The van der Waals surface area contributed by atoms with Crippen molar-refractivity contribution >= 4 is 23.2 Å². The summed E-state index contributed by atoms with van der Waals surface area (Å²) >= 11 is 5.88. The smallest absolute Gasteiger partial charge is 0.375 e. The highest BCUT2D eigenvalue weighted by molar-refractivity contribution is 6.33. The Balaban J connectivity index is 2.76. The number of anilines is 1. The van der Waals surface area contributed by atoms with Crippen LogP contribution in [0.1, 0.15) is 32.3 Å². The van der Waals surface area contributed by atoms with Gasteiger partial charge in [-0.25, -0.2) is 0 Å². The molecule has 0 aliphatic heterocycles. The van der Waals surface area contributed by atoms with Crippen LogP contribution in [-0.4, -0.2) is 30.4 Å². The van der Waals surface area contributed by atoms with E-state index in [0.717, 1.165) is 25.0 Å². The Labute approximate surface area is 133 Å². The predicted molar refractivity (Wildman–Crippen MR) is 82.1 cm³/mol. The molecule has 1 rings (SSSR count). The Morgan fingerprint density at radius 1 is 1.23 bits per heavy atom. The maximum absolute atomic E-state index is 12.7. The van der Waals surface area contributed by atoms with Gasteiger partial charge in [0.2, 0.25) is 5.91 Å². The molecule has 1 amide bonds. The molecule has 0 atom stereocenters. The highest BCUT2D eigenvalue weighted by atomic mass is 35.5. The Hall–Kier alpha value is -1.43. The van der Waals surface area contributed by atoms with Crippen LogP contribution < -0.4 is 5.32 Å². The van der Waals surface area contributed by atoms with Crippen molar-refractivity contribution in [2.24, 2.45) is 0 Å². The van der Waals surface area contributed by atoms with Gasteiger partial charge in [-0.05, 0) is 31.0 Å². The number of hydrogen-bond acceptors (Lipinski definition) is 2. The number of halogens is 4. The van der Waals surface area contributed by atoms with Crippen molar-refractivity contribution in [3.63, 3.8) is 0 Å². The van der Waals surface area contributed by atoms with Crippen LogP contribution in [0, 0.1) is 0 Å². The number of benzene rings is 1. The summed E-state index contributed by atoms with van der Waals surface area (Å²) in [5.74, 6) is -0.155. The van der Waals surface area contributed by atoms with Gasteiger partial charge in [0.1, 0.15) is 0 Å². The lowest BCUT2D eigenvalue weighted by molar-refractivity contribution is -0.137. The molecule has 124 valence electrons. The quantitative estimate of drug-likeness (QED) is 0.799. The molecule has 0 aromatic heterocycles. The molecule has 0 saturated carbocycles. The number of nitrogens with one attached hydrogen (secondary N) is 1. The lowest BCUT2D eigenvalue weighted by atomic mass is 10.2. The van der Waals surface area contributed by atoms with Crippen LogP contribution in [0.5, 0.6) is 0 Å². The van der Waals surface area contributed by atoms with Crippen LogP contribution in [0.3, 0.4) is 0 Å². The van der Waals surface area contributed by atoms with Gasteiger partial charge in [-0.1, -0.05) is 25.4 Å². The number of hydrogen-bond donors (Lipinski definition) is 1. The molecule has 0 aliphatic rings. The lowest BCUT2D eigenvalue weighted by Crippen LogP contribution is -2.36. The van der Waals surface area contributed by atoms with Gasteiger partial charge in [-0.3, -0.25) is 4.79 Å². The summed E-state index contributed by atoms with van der Waals surface area (Å²) in [6.07, 6.45) is -2.78. The Bertz CT molecular complexity index is 500. The van der Waals surface area contributed by atoms with Crippen molar-refractivity contribution in [2.75, 3.05) is 25.0 Å². The normalized spacial score (nSPS) is 11.4. The topological polar surface area (TPSA) is 32.3 Å². The van der Waals surface area contributed by atoms with E-state index in [1.54, 1.807) is 4.90 Å². The van der Waals surface area contributed by atoms with Crippen molar-refractivity contribution in [3.8, 4) is 0 Å². The molecule has 0 saturated heterocycles. The molecule has 3 nitrogen and oxygen atoms in total. The third-order valence-corrected chi connectivity index (χ3v) is 3.39. The van der Waals surface area contributed by atoms with E-state index in [4.69, 9.17) is 11.6 Å². The number of carbonyl (C=O) groups excluding carboxylic acids is 1. The SMILES string of the molecule is CCCN(CCC)C(=O)CNc1cc(C(F)(F)F)ccc1Cl. The highest BCUT2D eigenvalue weighted by Crippen LogP contribution is 2.33. The Morgan fingerprint density at radius 3 is 2.32 bits per heavy atom. The number of carbonyl (C=O) groups is 1. The van der Waals surface area contributed by atoms with Crippen LogP contribution in [0.4, 0.5) is 18.9 Å². The second-order valence-corrected chi connectivity index (χ2v) is 5.33. The third-order valence-electron chi connectivity index (χ3n) is 3.06. The fourth-order valence-corrected chi connectivity index (χ4v) is 2.21.